The molecule has 0 radical (unpaired) electrons. The lowest BCUT2D eigenvalue weighted by Gasteiger charge is -2.12. The van der Waals surface area contributed by atoms with Crippen molar-refractivity contribution in [1.29, 1.82) is 0 Å². The minimum absolute atomic E-state index is 0. The van der Waals surface area contributed by atoms with E-state index in [9.17, 15) is 0 Å². The Hall–Kier alpha value is -2.26. The summed E-state index contributed by atoms with van der Waals surface area (Å²) < 4.78 is 5.47. The fraction of sp³-hybridized carbons (Fsp3) is 0.250. The van der Waals surface area contributed by atoms with Crippen molar-refractivity contribution in [2.75, 3.05) is 11.9 Å². The van der Waals surface area contributed by atoms with E-state index in [-0.39, 0.29) is 12.4 Å². The van der Waals surface area contributed by atoms with Gasteiger partial charge in [-0.05, 0) is 75.2 Å². The van der Waals surface area contributed by atoms with Crippen molar-refractivity contribution >= 4 is 34.8 Å². The molecule has 126 valence electrons. The summed E-state index contributed by atoms with van der Waals surface area (Å²) in [5.74, 6) is 1.75. The number of anilines is 2. The van der Waals surface area contributed by atoms with E-state index in [1.54, 1.807) is 0 Å². The van der Waals surface area contributed by atoms with E-state index in [0.29, 0.717) is 6.61 Å². The summed E-state index contributed by atoms with van der Waals surface area (Å²) in [6, 6.07) is 14.4. The molecule has 1 aromatic heterocycles. The van der Waals surface area contributed by atoms with Crippen LogP contribution in [0.5, 0.6) is 5.75 Å². The SMILES string of the molecule is CCOc1ccc(Nc2cc(C)c3cc(C)cc(C)c3n2)cc1.Cl. The van der Waals surface area contributed by atoms with E-state index in [1.165, 1.54) is 22.1 Å². The first-order chi connectivity index (χ1) is 11.1. The predicted octanol–water partition coefficient (Wildman–Crippen LogP) is 5.72. The Morgan fingerprint density at radius 2 is 1.67 bits per heavy atom. The van der Waals surface area contributed by atoms with Crippen LogP contribution in [0.25, 0.3) is 10.9 Å². The maximum Gasteiger partial charge on any atom is 0.131 e. The second-order valence-electron chi connectivity index (χ2n) is 5.88. The van der Waals surface area contributed by atoms with Gasteiger partial charge in [-0.15, -0.1) is 12.4 Å². The standard InChI is InChI=1S/C20H22N2O.ClH/c1-5-23-17-8-6-16(7-9-17)21-19-12-14(3)18-11-13(2)10-15(4)20(18)22-19;/h6-12H,5H2,1-4H3,(H,21,22);1H. The summed E-state index contributed by atoms with van der Waals surface area (Å²) in [5, 5.41) is 4.60. The molecule has 24 heavy (non-hydrogen) atoms. The molecule has 1 heterocycles. The Labute approximate surface area is 149 Å². The van der Waals surface area contributed by atoms with Gasteiger partial charge >= 0.3 is 0 Å². The van der Waals surface area contributed by atoms with Gasteiger partial charge in [0.25, 0.3) is 0 Å². The Morgan fingerprint density at radius 1 is 0.958 bits per heavy atom. The topological polar surface area (TPSA) is 34.1 Å². The number of benzene rings is 2. The van der Waals surface area contributed by atoms with Gasteiger partial charge in [0.2, 0.25) is 0 Å². The van der Waals surface area contributed by atoms with Gasteiger partial charge in [-0.2, -0.15) is 0 Å². The van der Waals surface area contributed by atoms with Gasteiger partial charge in [0.15, 0.2) is 0 Å². The highest BCUT2D eigenvalue weighted by Crippen LogP contribution is 2.26. The second kappa shape index (κ2) is 7.54. The van der Waals surface area contributed by atoms with Crippen LogP contribution in [0.4, 0.5) is 11.5 Å². The fourth-order valence-corrected chi connectivity index (χ4v) is 2.86. The molecule has 3 aromatic rings. The van der Waals surface area contributed by atoms with Crippen molar-refractivity contribution in [2.45, 2.75) is 27.7 Å². The van der Waals surface area contributed by atoms with Crippen molar-refractivity contribution in [3.05, 3.63) is 59.2 Å². The third kappa shape index (κ3) is 3.80. The summed E-state index contributed by atoms with van der Waals surface area (Å²) >= 11 is 0. The van der Waals surface area contributed by atoms with Crippen LogP contribution in [-0.4, -0.2) is 11.6 Å². The smallest absolute Gasteiger partial charge is 0.131 e. The van der Waals surface area contributed by atoms with Crippen LogP contribution < -0.4 is 10.1 Å². The minimum Gasteiger partial charge on any atom is -0.494 e. The monoisotopic (exact) mass is 342 g/mol. The number of pyridine rings is 1. The molecule has 2 aromatic carbocycles. The molecule has 0 spiro atoms. The molecule has 0 atom stereocenters. The molecule has 3 rings (SSSR count). The number of rotatable bonds is 4. The Bertz CT molecular complexity index is 844. The molecule has 0 aliphatic rings. The highest BCUT2D eigenvalue weighted by Gasteiger charge is 2.07. The molecule has 4 heteroatoms. The summed E-state index contributed by atoms with van der Waals surface area (Å²) in [5.41, 5.74) is 5.77. The molecule has 1 N–H and O–H groups in total. The zero-order valence-corrected chi connectivity index (χ0v) is 15.3. The van der Waals surface area contributed by atoms with E-state index in [4.69, 9.17) is 9.72 Å². The van der Waals surface area contributed by atoms with Crippen LogP contribution in [0.3, 0.4) is 0 Å². The molecule has 0 unspecified atom stereocenters. The first-order valence-corrected chi connectivity index (χ1v) is 7.95. The second-order valence-corrected chi connectivity index (χ2v) is 5.88. The number of aromatic nitrogens is 1. The zero-order chi connectivity index (χ0) is 16.4. The van der Waals surface area contributed by atoms with E-state index in [0.717, 1.165) is 22.8 Å². The maximum atomic E-state index is 5.47. The predicted molar refractivity (Wildman–Crippen MR) is 104 cm³/mol. The third-order valence-corrected chi connectivity index (χ3v) is 3.89. The minimum atomic E-state index is 0. The van der Waals surface area contributed by atoms with Crippen LogP contribution >= 0.6 is 12.4 Å². The number of halogens is 1. The number of ether oxygens (including phenoxy) is 1. The number of aryl methyl sites for hydroxylation is 3. The van der Waals surface area contributed by atoms with Gasteiger partial charge in [0.05, 0.1) is 12.1 Å². The molecule has 0 saturated heterocycles. The molecule has 0 aliphatic carbocycles. The summed E-state index contributed by atoms with van der Waals surface area (Å²) in [7, 11) is 0. The largest absolute Gasteiger partial charge is 0.494 e. The molecular formula is C20H23ClN2O. The van der Waals surface area contributed by atoms with Gasteiger partial charge in [-0.1, -0.05) is 11.6 Å². The fourth-order valence-electron chi connectivity index (χ4n) is 2.86. The quantitative estimate of drug-likeness (QED) is 0.658. The van der Waals surface area contributed by atoms with Crippen LogP contribution in [0.1, 0.15) is 23.6 Å². The van der Waals surface area contributed by atoms with E-state index >= 15 is 0 Å². The number of nitrogens with one attached hydrogen (secondary N) is 1. The van der Waals surface area contributed by atoms with Gasteiger partial charge in [0, 0.05) is 11.1 Å². The number of hydrogen-bond donors (Lipinski definition) is 1. The molecule has 0 aliphatic heterocycles. The van der Waals surface area contributed by atoms with Crippen LogP contribution in [0.2, 0.25) is 0 Å². The average molecular weight is 343 g/mol. The summed E-state index contributed by atoms with van der Waals surface area (Å²) in [6.07, 6.45) is 0. The van der Waals surface area contributed by atoms with Crippen molar-refractivity contribution in [1.82, 2.24) is 4.98 Å². The number of fused-ring (bicyclic) bond motifs is 1. The molecule has 0 fully saturated rings. The number of hydrogen-bond acceptors (Lipinski definition) is 3. The lowest BCUT2D eigenvalue weighted by Crippen LogP contribution is -1.97. The summed E-state index contributed by atoms with van der Waals surface area (Å²) in [4.78, 5) is 4.79. The lowest BCUT2D eigenvalue weighted by atomic mass is 10.0. The lowest BCUT2D eigenvalue weighted by molar-refractivity contribution is 0.340. The van der Waals surface area contributed by atoms with Gasteiger partial charge in [-0.25, -0.2) is 4.98 Å². The third-order valence-electron chi connectivity index (χ3n) is 3.89. The molecular weight excluding hydrogens is 320 g/mol. The maximum absolute atomic E-state index is 5.47. The highest BCUT2D eigenvalue weighted by molar-refractivity contribution is 5.87. The highest BCUT2D eigenvalue weighted by atomic mass is 35.5. The molecule has 0 saturated carbocycles. The normalized spacial score (nSPS) is 10.3. The van der Waals surface area contributed by atoms with Crippen molar-refractivity contribution in [3.8, 4) is 5.75 Å². The van der Waals surface area contributed by atoms with Gasteiger partial charge in [-0.3, -0.25) is 0 Å². The van der Waals surface area contributed by atoms with Gasteiger partial charge < -0.3 is 10.1 Å². The Balaban J connectivity index is 0.00000208. The first-order valence-electron chi connectivity index (χ1n) is 7.95. The van der Waals surface area contributed by atoms with Crippen LogP contribution in [0, 0.1) is 20.8 Å². The zero-order valence-electron chi connectivity index (χ0n) is 14.5. The van der Waals surface area contributed by atoms with Crippen molar-refractivity contribution in [3.63, 3.8) is 0 Å². The van der Waals surface area contributed by atoms with E-state index in [1.807, 2.05) is 31.2 Å². The molecule has 0 bridgehead atoms. The average Bonchev–Trinajstić information content (AvgIpc) is 2.51. The first kappa shape index (κ1) is 18.1. The van der Waals surface area contributed by atoms with Crippen LogP contribution in [-0.2, 0) is 0 Å². The van der Waals surface area contributed by atoms with Gasteiger partial charge in [0.1, 0.15) is 11.6 Å². The van der Waals surface area contributed by atoms with Crippen LogP contribution in [0.15, 0.2) is 42.5 Å². The number of nitrogens with zero attached hydrogens (tertiary/aromatic N) is 1. The van der Waals surface area contributed by atoms with E-state index < -0.39 is 0 Å². The Kier molecular flexibility index (Phi) is 5.68. The summed E-state index contributed by atoms with van der Waals surface area (Å²) in [6.45, 7) is 9.03. The Morgan fingerprint density at radius 3 is 2.33 bits per heavy atom. The van der Waals surface area contributed by atoms with Crippen molar-refractivity contribution < 1.29 is 4.74 Å². The molecule has 3 nitrogen and oxygen atoms in total. The van der Waals surface area contributed by atoms with E-state index in [2.05, 4.69) is 44.3 Å². The van der Waals surface area contributed by atoms with Crippen molar-refractivity contribution in [2.24, 2.45) is 0 Å². The molecule has 0 amide bonds.